The summed E-state index contributed by atoms with van der Waals surface area (Å²) in [5.74, 6) is 0.556. The van der Waals surface area contributed by atoms with Crippen LogP contribution in [0.1, 0.15) is 32.6 Å². The van der Waals surface area contributed by atoms with Crippen molar-refractivity contribution in [1.29, 1.82) is 0 Å². The van der Waals surface area contributed by atoms with Gasteiger partial charge < -0.3 is 20.1 Å². The number of imidazole rings is 1. The van der Waals surface area contributed by atoms with Crippen LogP contribution in [-0.2, 0) is 5.54 Å². The van der Waals surface area contributed by atoms with E-state index in [9.17, 15) is 5.11 Å². The number of aromatic nitrogens is 4. The van der Waals surface area contributed by atoms with Gasteiger partial charge in [0.2, 0.25) is 11.8 Å². The van der Waals surface area contributed by atoms with Crippen molar-refractivity contribution in [2.75, 3.05) is 18.9 Å². The SMILES string of the molecule is CCCCOc1nc(N)nc2c1ncn2C1(CO)C=CCC1. The highest BCUT2D eigenvalue weighted by Crippen LogP contribution is 2.34. The van der Waals surface area contributed by atoms with Crippen molar-refractivity contribution < 1.29 is 9.84 Å². The lowest BCUT2D eigenvalue weighted by Gasteiger charge is -2.27. The molecule has 0 saturated heterocycles. The van der Waals surface area contributed by atoms with E-state index in [1.165, 1.54) is 0 Å². The number of nitrogens with two attached hydrogens (primary N) is 1. The fourth-order valence-electron chi connectivity index (χ4n) is 2.76. The van der Waals surface area contributed by atoms with E-state index in [4.69, 9.17) is 10.5 Å². The molecule has 0 aromatic carbocycles. The Morgan fingerprint density at radius 2 is 2.32 bits per heavy atom. The normalized spacial score (nSPS) is 20.8. The van der Waals surface area contributed by atoms with Crippen molar-refractivity contribution in [2.24, 2.45) is 0 Å². The maximum absolute atomic E-state index is 9.85. The number of nitrogen functional groups attached to an aromatic ring is 1. The first-order valence-corrected chi connectivity index (χ1v) is 7.62. The van der Waals surface area contributed by atoms with Gasteiger partial charge >= 0.3 is 0 Å². The molecule has 0 amide bonds. The van der Waals surface area contributed by atoms with E-state index in [0.717, 1.165) is 25.7 Å². The molecule has 7 nitrogen and oxygen atoms in total. The fraction of sp³-hybridized carbons (Fsp3) is 0.533. The smallest absolute Gasteiger partial charge is 0.247 e. The van der Waals surface area contributed by atoms with E-state index in [-0.39, 0.29) is 12.6 Å². The number of ether oxygens (including phenoxy) is 1. The highest BCUT2D eigenvalue weighted by molar-refractivity contribution is 5.78. The molecular weight excluding hydrogens is 282 g/mol. The van der Waals surface area contributed by atoms with Gasteiger partial charge in [0, 0.05) is 0 Å². The van der Waals surface area contributed by atoms with E-state index in [1.54, 1.807) is 6.33 Å². The van der Waals surface area contributed by atoms with Crippen LogP contribution in [-0.4, -0.2) is 37.8 Å². The molecule has 1 aliphatic carbocycles. The summed E-state index contributed by atoms with van der Waals surface area (Å²) in [5.41, 5.74) is 6.49. The average Bonchev–Trinajstić information content (AvgIpc) is 3.14. The van der Waals surface area contributed by atoms with Gasteiger partial charge in [-0.3, -0.25) is 0 Å². The number of hydrogen-bond acceptors (Lipinski definition) is 6. The van der Waals surface area contributed by atoms with Crippen LogP contribution in [0.25, 0.3) is 11.2 Å². The van der Waals surface area contributed by atoms with Gasteiger partial charge in [-0.05, 0) is 19.3 Å². The Hall–Kier alpha value is -2.15. The number of rotatable bonds is 6. The number of unbranched alkanes of at least 4 members (excludes halogenated alkanes) is 1. The fourth-order valence-corrected chi connectivity index (χ4v) is 2.76. The molecule has 0 bridgehead atoms. The van der Waals surface area contributed by atoms with Crippen LogP contribution in [0.4, 0.5) is 5.95 Å². The van der Waals surface area contributed by atoms with Gasteiger partial charge in [0.15, 0.2) is 11.2 Å². The quantitative estimate of drug-likeness (QED) is 0.621. The average molecular weight is 303 g/mol. The third-order valence-electron chi connectivity index (χ3n) is 4.04. The summed E-state index contributed by atoms with van der Waals surface area (Å²) in [6.45, 7) is 2.66. The Bertz CT molecular complexity index is 697. The molecule has 0 spiro atoms. The Labute approximate surface area is 128 Å². The molecule has 2 aromatic rings. The zero-order valence-corrected chi connectivity index (χ0v) is 12.7. The zero-order chi connectivity index (χ0) is 15.6. The van der Waals surface area contributed by atoms with Crippen LogP contribution in [0.2, 0.25) is 0 Å². The van der Waals surface area contributed by atoms with Crippen molar-refractivity contribution in [3.8, 4) is 5.88 Å². The number of anilines is 1. The number of fused-ring (bicyclic) bond motifs is 1. The molecule has 22 heavy (non-hydrogen) atoms. The first-order chi connectivity index (χ1) is 10.7. The van der Waals surface area contributed by atoms with Crippen molar-refractivity contribution in [2.45, 2.75) is 38.1 Å². The minimum Gasteiger partial charge on any atom is -0.476 e. The lowest BCUT2D eigenvalue weighted by atomic mass is 10.0. The Kier molecular flexibility index (Phi) is 3.98. The molecule has 3 N–H and O–H groups in total. The van der Waals surface area contributed by atoms with Crippen LogP contribution >= 0.6 is 0 Å². The van der Waals surface area contributed by atoms with E-state index in [0.29, 0.717) is 23.7 Å². The number of nitrogens with zero attached hydrogens (tertiary/aromatic N) is 4. The van der Waals surface area contributed by atoms with Gasteiger partial charge in [0.1, 0.15) is 0 Å². The van der Waals surface area contributed by atoms with Crippen LogP contribution in [0.5, 0.6) is 5.88 Å². The van der Waals surface area contributed by atoms with E-state index < -0.39 is 5.54 Å². The molecule has 0 radical (unpaired) electrons. The van der Waals surface area contributed by atoms with E-state index >= 15 is 0 Å². The second-order valence-electron chi connectivity index (χ2n) is 5.58. The Morgan fingerprint density at radius 3 is 3.00 bits per heavy atom. The van der Waals surface area contributed by atoms with Gasteiger partial charge in [0.05, 0.1) is 25.1 Å². The van der Waals surface area contributed by atoms with Crippen LogP contribution in [0.3, 0.4) is 0 Å². The predicted octanol–water partition coefficient (Wildman–Crippen LogP) is 1.62. The number of aliphatic hydroxyl groups is 1. The lowest BCUT2D eigenvalue weighted by Crippen LogP contribution is -2.33. The zero-order valence-electron chi connectivity index (χ0n) is 12.7. The summed E-state index contributed by atoms with van der Waals surface area (Å²) in [6.07, 6.45) is 9.45. The standard InChI is InChI=1S/C15H21N5O2/c1-2-3-8-22-13-11-12(18-14(16)19-13)20(10-17-11)15(9-21)6-4-5-7-15/h4,6,10,21H,2-3,5,7-9H2,1H3,(H2,16,18,19). The van der Waals surface area contributed by atoms with Crippen LogP contribution in [0, 0.1) is 0 Å². The molecule has 7 heteroatoms. The molecule has 1 aliphatic rings. The van der Waals surface area contributed by atoms with E-state index in [2.05, 4.69) is 28.0 Å². The molecule has 1 unspecified atom stereocenters. The highest BCUT2D eigenvalue weighted by Gasteiger charge is 2.33. The predicted molar refractivity (Wildman–Crippen MR) is 83.6 cm³/mol. The van der Waals surface area contributed by atoms with Crippen molar-refractivity contribution in [3.05, 3.63) is 18.5 Å². The summed E-state index contributed by atoms with van der Waals surface area (Å²) in [6, 6.07) is 0. The summed E-state index contributed by atoms with van der Waals surface area (Å²) >= 11 is 0. The third kappa shape index (κ3) is 2.41. The lowest BCUT2D eigenvalue weighted by molar-refractivity contribution is 0.174. The van der Waals surface area contributed by atoms with Crippen molar-refractivity contribution in [1.82, 2.24) is 19.5 Å². The molecular formula is C15H21N5O2. The molecule has 1 atom stereocenters. The topological polar surface area (TPSA) is 99.1 Å². The first kappa shape index (κ1) is 14.8. The van der Waals surface area contributed by atoms with Gasteiger partial charge in [-0.1, -0.05) is 25.5 Å². The maximum Gasteiger partial charge on any atom is 0.247 e. The van der Waals surface area contributed by atoms with Crippen LogP contribution < -0.4 is 10.5 Å². The Morgan fingerprint density at radius 1 is 1.45 bits per heavy atom. The van der Waals surface area contributed by atoms with Crippen molar-refractivity contribution >= 4 is 17.1 Å². The van der Waals surface area contributed by atoms with Crippen molar-refractivity contribution in [3.63, 3.8) is 0 Å². The number of hydrogen-bond donors (Lipinski definition) is 2. The molecule has 0 saturated carbocycles. The van der Waals surface area contributed by atoms with E-state index in [1.807, 2.05) is 10.6 Å². The summed E-state index contributed by atoms with van der Waals surface area (Å²) < 4.78 is 7.57. The molecule has 0 fully saturated rings. The molecule has 3 rings (SSSR count). The summed E-state index contributed by atoms with van der Waals surface area (Å²) in [5, 5.41) is 9.85. The Balaban J connectivity index is 2.05. The third-order valence-corrected chi connectivity index (χ3v) is 4.04. The van der Waals surface area contributed by atoms with Gasteiger partial charge in [-0.2, -0.15) is 9.97 Å². The minimum absolute atomic E-state index is 0.00903. The number of allylic oxidation sites excluding steroid dienone is 1. The first-order valence-electron chi connectivity index (χ1n) is 7.62. The molecule has 118 valence electrons. The maximum atomic E-state index is 9.85. The summed E-state index contributed by atoms with van der Waals surface area (Å²) in [4.78, 5) is 12.8. The van der Waals surface area contributed by atoms with Gasteiger partial charge in [0.25, 0.3) is 0 Å². The minimum atomic E-state index is -0.504. The highest BCUT2D eigenvalue weighted by atomic mass is 16.5. The van der Waals surface area contributed by atoms with Gasteiger partial charge in [-0.15, -0.1) is 0 Å². The molecule has 2 aromatic heterocycles. The summed E-state index contributed by atoms with van der Waals surface area (Å²) in [7, 11) is 0. The van der Waals surface area contributed by atoms with Crippen LogP contribution in [0.15, 0.2) is 18.5 Å². The number of aliphatic hydroxyl groups excluding tert-OH is 1. The second kappa shape index (κ2) is 5.92. The molecule has 0 aliphatic heterocycles. The largest absolute Gasteiger partial charge is 0.476 e. The molecule has 2 heterocycles. The second-order valence-corrected chi connectivity index (χ2v) is 5.58. The van der Waals surface area contributed by atoms with Gasteiger partial charge in [-0.25, -0.2) is 4.98 Å². The monoisotopic (exact) mass is 303 g/mol.